The smallest absolute Gasteiger partial charge is 0.123 e. The molecule has 0 N–H and O–H groups in total. The van der Waals surface area contributed by atoms with Crippen LogP contribution in [-0.4, -0.2) is 0 Å². The summed E-state index contributed by atoms with van der Waals surface area (Å²) in [7, 11) is 0. The lowest BCUT2D eigenvalue weighted by atomic mass is 9.84. The second-order valence-corrected chi connectivity index (χ2v) is 14.2. The van der Waals surface area contributed by atoms with E-state index in [0.29, 0.717) is 5.56 Å². The average molecular weight is 717 g/mol. The van der Waals surface area contributed by atoms with E-state index >= 15 is 0 Å². The monoisotopic (exact) mass is 716 g/mol. The fraction of sp³-hybridized carbons (Fsp3) is 0. The number of nitrogens with zero attached hydrogens (tertiary/aromatic N) is 2. The van der Waals surface area contributed by atoms with E-state index in [4.69, 9.17) is 0 Å². The molecule has 3 heteroatoms. The highest BCUT2D eigenvalue weighted by Gasteiger charge is 2.19. The Hall–Kier alpha value is -7.54. The van der Waals surface area contributed by atoms with Crippen LogP contribution in [0.25, 0.3) is 76.5 Å². The normalized spacial score (nSPS) is 11.3. The predicted octanol–water partition coefficient (Wildman–Crippen LogP) is 14.8. The first kappa shape index (κ1) is 33.1. The molecule has 262 valence electrons. The number of benzene rings is 10. The molecule has 56 heavy (non-hydrogen) atoms. The molecule has 10 rings (SSSR count). The Kier molecular flexibility index (Phi) is 8.09. The van der Waals surface area contributed by atoms with Gasteiger partial charge in [-0.3, -0.25) is 0 Å². The molecule has 0 saturated heterocycles. The standard InChI is InChI=1S/C53H33FN2/c54-44-22-28-47(29-23-44)56(45-24-13-35(34-55)14-25-45)46-26-19-38(20-27-46)41-21-30-50-51(33-41)53(43-18-16-37-8-2-4-10-40(37)32-43)49-12-6-5-11-48(49)52(50)42-17-15-36-7-1-3-9-39(36)31-42/h1-33H. The summed E-state index contributed by atoms with van der Waals surface area (Å²) in [5, 5.41) is 19.1. The van der Waals surface area contributed by atoms with E-state index in [9.17, 15) is 9.65 Å². The number of fused-ring (bicyclic) bond motifs is 4. The molecule has 0 amide bonds. The molecule has 0 heterocycles. The van der Waals surface area contributed by atoms with Gasteiger partial charge in [-0.2, -0.15) is 5.26 Å². The van der Waals surface area contributed by atoms with E-state index in [1.807, 2.05) is 12.1 Å². The molecule has 0 aliphatic heterocycles. The van der Waals surface area contributed by atoms with Gasteiger partial charge in [-0.1, -0.05) is 121 Å². The summed E-state index contributed by atoms with van der Waals surface area (Å²) in [6.07, 6.45) is 0. The van der Waals surface area contributed by atoms with Crippen molar-refractivity contribution in [3.8, 4) is 39.4 Å². The van der Waals surface area contributed by atoms with E-state index in [1.54, 1.807) is 24.3 Å². The van der Waals surface area contributed by atoms with Crippen LogP contribution in [-0.2, 0) is 0 Å². The first-order valence-corrected chi connectivity index (χ1v) is 18.7. The van der Waals surface area contributed by atoms with Gasteiger partial charge in [-0.25, -0.2) is 4.39 Å². The number of rotatable bonds is 6. The van der Waals surface area contributed by atoms with Crippen LogP contribution in [0, 0.1) is 17.1 Å². The Morgan fingerprint density at radius 3 is 1.34 bits per heavy atom. The van der Waals surface area contributed by atoms with Crippen LogP contribution in [0.4, 0.5) is 21.5 Å². The van der Waals surface area contributed by atoms with Crippen LogP contribution in [0.5, 0.6) is 0 Å². The Labute approximate surface area is 324 Å². The molecular weight excluding hydrogens is 684 g/mol. The van der Waals surface area contributed by atoms with Crippen LogP contribution in [0.1, 0.15) is 5.56 Å². The van der Waals surface area contributed by atoms with Crippen molar-refractivity contribution in [3.63, 3.8) is 0 Å². The van der Waals surface area contributed by atoms with E-state index in [-0.39, 0.29) is 5.82 Å². The summed E-state index contributed by atoms with van der Waals surface area (Å²) >= 11 is 0. The minimum atomic E-state index is -0.292. The van der Waals surface area contributed by atoms with Gasteiger partial charge in [0.05, 0.1) is 11.6 Å². The van der Waals surface area contributed by atoms with Crippen molar-refractivity contribution < 1.29 is 4.39 Å². The number of halogens is 1. The van der Waals surface area contributed by atoms with Gasteiger partial charge in [0.25, 0.3) is 0 Å². The highest BCUT2D eigenvalue weighted by atomic mass is 19.1. The summed E-state index contributed by atoms with van der Waals surface area (Å²) in [4.78, 5) is 2.07. The van der Waals surface area contributed by atoms with E-state index in [2.05, 4.69) is 163 Å². The van der Waals surface area contributed by atoms with Gasteiger partial charge in [-0.15, -0.1) is 0 Å². The van der Waals surface area contributed by atoms with E-state index in [0.717, 1.165) is 28.2 Å². The number of hydrogen-bond acceptors (Lipinski definition) is 2. The molecule has 0 bridgehead atoms. The zero-order valence-corrected chi connectivity index (χ0v) is 30.3. The van der Waals surface area contributed by atoms with E-state index < -0.39 is 0 Å². The molecule has 0 fully saturated rings. The van der Waals surface area contributed by atoms with Crippen molar-refractivity contribution in [1.29, 1.82) is 5.26 Å². The lowest BCUT2D eigenvalue weighted by molar-refractivity contribution is 0.628. The molecule has 0 saturated carbocycles. The molecular formula is C53H33FN2. The van der Waals surface area contributed by atoms with Gasteiger partial charge >= 0.3 is 0 Å². The SMILES string of the molecule is N#Cc1ccc(N(c2ccc(F)cc2)c2ccc(-c3ccc4c(-c5ccc6ccccc6c5)c5ccccc5c(-c5ccc6ccccc6c5)c4c3)cc2)cc1. The summed E-state index contributed by atoms with van der Waals surface area (Å²) < 4.78 is 14.0. The van der Waals surface area contributed by atoms with Crippen molar-refractivity contribution in [2.45, 2.75) is 0 Å². The predicted molar refractivity (Wildman–Crippen MR) is 232 cm³/mol. The van der Waals surface area contributed by atoms with Gasteiger partial charge in [0.1, 0.15) is 5.82 Å². The third-order valence-corrected chi connectivity index (χ3v) is 10.9. The summed E-state index contributed by atoms with van der Waals surface area (Å²) in [5.74, 6) is -0.292. The van der Waals surface area contributed by atoms with E-state index in [1.165, 1.54) is 77.5 Å². The topological polar surface area (TPSA) is 27.0 Å². The molecule has 0 aromatic heterocycles. The maximum atomic E-state index is 14.0. The second-order valence-electron chi connectivity index (χ2n) is 14.2. The van der Waals surface area contributed by atoms with Crippen molar-refractivity contribution in [1.82, 2.24) is 0 Å². The minimum Gasteiger partial charge on any atom is -0.311 e. The fourth-order valence-electron chi connectivity index (χ4n) is 8.19. The van der Waals surface area contributed by atoms with Crippen molar-refractivity contribution >= 4 is 60.2 Å². The Balaban J connectivity index is 1.17. The summed E-state index contributed by atoms with van der Waals surface area (Å²) in [6.45, 7) is 0. The molecule has 2 nitrogen and oxygen atoms in total. The number of nitriles is 1. The fourth-order valence-corrected chi connectivity index (χ4v) is 8.19. The lowest BCUT2D eigenvalue weighted by Crippen LogP contribution is -2.09. The minimum absolute atomic E-state index is 0.292. The zero-order chi connectivity index (χ0) is 37.6. The third kappa shape index (κ3) is 5.82. The van der Waals surface area contributed by atoms with Crippen LogP contribution >= 0.6 is 0 Å². The molecule has 0 aliphatic carbocycles. The van der Waals surface area contributed by atoms with Crippen molar-refractivity contribution in [3.05, 3.63) is 212 Å². The number of hydrogen-bond donors (Lipinski definition) is 0. The summed E-state index contributed by atoms with van der Waals surface area (Å²) in [5.41, 5.74) is 10.2. The first-order chi connectivity index (χ1) is 27.6. The molecule has 0 spiro atoms. The highest BCUT2D eigenvalue weighted by molar-refractivity contribution is 6.22. The van der Waals surface area contributed by atoms with Gasteiger partial charge in [-0.05, 0) is 155 Å². The van der Waals surface area contributed by atoms with Gasteiger partial charge in [0.15, 0.2) is 0 Å². The Morgan fingerprint density at radius 1 is 0.357 bits per heavy atom. The van der Waals surface area contributed by atoms with Crippen LogP contribution in [0.3, 0.4) is 0 Å². The van der Waals surface area contributed by atoms with Crippen molar-refractivity contribution in [2.24, 2.45) is 0 Å². The van der Waals surface area contributed by atoms with Gasteiger partial charge < -0.3 is 4.90 Å². The van der Waals surface area contributed by atoms with Crippen molar-refractivity contribution in [2.75, 3.05) is 4.90 Å². The molecule has 0 aliphatic rings. The van der Waals surface area contributed by atoms with Gasteiger partial charge in [0, 0.05) is 17.1 Å². The van der Waals surface area contributed by atoms with Crippen LogP contribution < -0.4 is 4.90 Å². The van der Waals surface area contributed by atoms with Crippen LogP contribution in [0.15, 0.2) is 200 Å². The second kappa shape index (κ2) is 13.7. The average Bonchev–Trinajstić information content (AvgIpc) is 3.26. The van der Waals surface area contributed by atoms with Gasteiger partial charge in [0.2, 0.25) is 0 Å². The Morgan fingerprint density at radius 2 is 0.786 bits per heavy atom. The third-order valence-electron chi connectivity index (χ3n) is 10.9. The maximum absolute atomic E-state index is 14.0. The lowest BCUT2D eigenvalue weighted by Gasteiger charge is -2.25. The maximum Gasteiger partial charge on any atom is 0.123 e. The number of anilines is 3. The zero-order valence-electron chi connectivity index (χ0n) is 30.3. The molecule has 0 atom stereocenters. The highest BCUT2D eigenvalue weighted by Crippen LogP contribution is 2.46. The Bertz CT molecular complexity index is 3140. The molecule has 10 aromatic carbocycles. The summed E-state index contributed by atoms with van der Waals surface area (Å²) in [6, 6.07) is 71.0. The quantitative estimate of drug-likeness (QED) is 0.160. The van der Waals surface area contributed by atoms with Crippen LogP contribution in [0.2, 0.25) is 0 Å². The largest absolute Gasteiger partial charge is 0.311 e. The first-order valence-electron chi connectivity index (χ1n) is 18.7. The molecule has 0 radical (unpaired) electrons. The molecule has 10 aromatic rings. The molecule has 0 unspecified atom stereocenters.